The molecule has 0 aliphatic carbocycles. The smallest absolute Gasteiger partial charge is 0.149 e. The van der Waals surface area contributed by atoms with Gasteiger partial charge in [-0.1, -0.05) is 27.5 Å². The Labute approximate surface area is 86.3 Å². The summed E-state index contributed by atoms with van der Waals surface area (Å²) in [5, 5.41) is 9.56. The second-order valence-electron chi connectivity index (χ2n) is 1.81. The Kier molecular flexibility index (Phi) is 3.37. The molecular formula is C6H3BrCl2OS. The largest absolute Gasteiger partial charge is 0.505 e. The van der Waals surface area contributed by atoms with Crippen molar-refractivity contribution in [1.82, 2.24) is 0 Å². The Bertz CT molecular complexity index is 280. The summed E-state index contributed by atoms with van der Waals surface area (Å²) < 4.78 is 0.795. The lowest BCUT2D eigenvalue weighted by molar-refractivity contribution is 0.463. The zero-order chi connectivity index (χ0) is 8.43. The van der Waals surface area contributed by atoms with Crippen LogP contribution in [0.15, 0.2) is 21.5 Å². The van der Waals surface area contributed by atoms with E-state index in [-0.39, 0.29) is 5.75 Å². The van der Waals surface area contributed by atoms with Crippen molar-refractivity contribution in [1.29, 1.82) is 0 Å². The van der Waals surface area contributed by atoms with Crippen LogP contribution < -0.4 is 0 Å². The van der Waals surface area contributed by atoms with Gasteiger partial charge in [0.15, 0.2) is 0 Å². The summed E-state index contributed by atoms with van der Waals surface area (Å²) in [5.41, 5.74) is 0. The quantitative estimate of drug-likeness (QED) is 0.833. The van der Waals surface area contributed by atoms with Crippen molar-refractivity contribution in [3.63, 3.8) is 0 Å². The first-order valence-corrected chi connectivity index (χ1v) is 5.43. The maximum atomic E-state index is 9.26. The van der Waals surface area contributed by atoms with Crippen LogP contribution in [0.3, 0.4) is 0 Å². The van der Waals surface area contributed by atoms with E-state index in [2.05, 4.69) is 15.9 Å². The zero-order valence-corrected chi connectivity index (χ0v) is 9.06. The van der Waals surface area contributed by atoms with E-state index >= 15 is 0 Å². The van der Waals surface area contributed by atoms with Gasteiger partial charge in [0.25, 0.3) is 0 Å². The monoisotopic (exact) mass is 272 g/mol. The van der Waals surface area contributed by atoms with E-state index in [9.17, 15) is 5.11 Å². The first kappa shape index (κ1) is 9.52. The molecule has 5 heteroatoms. The maximum Gasteiger partial charge on any atom is 0.149 e. The van der Waals surface area contributed by atoms with Gasteiger partial charge in [-0.05, 0) is 33.8 Å². The van der Waals surface area contributed by atoms with E-state index in [1.807, 2.05) is 0 Å². The average Bonchev–Trinajstić information content (AvgIpc) is 1.96. The number of aromatic hydroxyl groups is 1. The predicted octanol–water partition coefficient (Wildman–Crippen LogP) is 4.05. The fraction of sp³-hybridized carbons (Fsp3) is 0. The van der Waals surface area contributed by atoms with Crippen LogP contribution in [0.25, 0.3) is 0 Å². The van der Waals surface area contributed by atoms with E-state index < -0.39 is 0 Å². The molecular weight excluding hydrogens is 271 g/mol. The molecule has 1 aromatic rings. The number of phenolic OH excluding ortho intramolecular Hbond substituents is 1. The van der Waals surface area contributed by atoms with Crippen molar-refractivity contribution in [2.45, 2.75) is 4.90 Å². The molecule has 0 aromatic heterocycles. The van der Waals surface area contributed by atoms with Crippen molar-refractivity contribution >= 4 is 49.2 Å². The third-order valence-electron chi connectivity index (χ3n) is 1.08. The topological polar surface area (TPSA) is 20.2 Å². The molecule has 0 amide bonds. The number of halogens is 3. The summed E-state index contributed by atoms with van der Waals surface area (Å²) in [5.74, 6) is 0.0230. The van der Waals surface area contributed by atoms with Crippen LogP contribution in [0, 0.1) is 0 Å². The molecule has 0 bridgehead atoms. The van der Waals surface area contributed by atoms with Crippen LogP contribution >= 0.6 is 49.2 Å². The molecule has 0 spiro atoms. The van der Waals surface area contributed by atoms with Gasteiger partial charge in [-0.3, -0.25) is 0 Å². The fourth-order valence-corrected chi connectivity index (χ4v) is 2.33. The van der Waals surface area contributed by atoms with Gasteiger partial charge >= 0.3 is 0 Å². The molecule has 0 saturated heterocycles. The normalized spacial score (nSPS) is 10.1. The van der Waals surface area contributed by atoms with Gasteiger partial charge in [-0.25, -0.2) is 0 Å². The molecule has 0 atom stereocenters. The fourth-order valence-electron chi connectivity index (χ4n) is 0.601. The molecule has 1 N–H and O–H groups in total. The second kappa shape index (κ2) is 3.90. The van der Waals surface area contributed by atoms with Crippen molar-refractivity contribution in [2.75, 3.05) is 0 Å². The van der Waals surface area contributed by atoms with Crippen molar-refractivity contribution in [3.8, 4) is 5.75 Å². The van der Waals surface area contributed by atoms with Crippen LogP contribution in [-0.4, -0.2) is 5.11 Å². The van der Waals surface area contributed by atoms with Crippen LogP contribution in [0.4, 0.5) is 0 Å². The van der Waals surface area contributed by atoms with E-state index in [0.29, 0.717) is 9.92 Å². The van der Waals surface area contributed by atoms with Crippen LogP contribution in [-0.2, 0) is 0 Å². The number of hydrogen-bond acceptors (Lipinski definition) is 2. The lowest BCUT2D eigenvalue weighted by Crippen LogP contribution is -1.73. The summed E-state index contributed by atoms with van der Waals surface area (Å²) in [4.78, 5) is 0.547. The van der Waals surface area contributed by atoms with Crippen LogP contribution in [0.2, 0.25) is 5.02 Å². The Morgan fingerprint density at radius 3 is 2.64 bits per heavy atom. The summed E-state index contributed by atoms with van der Waals surface area (Å²) in [6.45, 7) is 0. The number of hydrogen-bond donors (Lipinski definition) is 1. The maximum absolute atomic E-state index is 9.26. The molecule has 0 unspecified atom stereocenters. The number of phenols is 1. The van der Waals surface area contributed by atoms with Gasteiger partial charge in [-0.2, -0.15) is 0 Å². The highest BCUT2D eigenvalue weighted by atomic mass is 79.9. The molecule has 0 radical (unpaired) electrons. The lowest BCUT2D eigenvalue weighted by Gasteiger charge is -2.01. The molecule has 60 valence electrons. The van der Waals surface area contributed by atoms with E-state index in [0.717, 1.165) is 15.4 Å². The summed E-state index contributed by atoms with van der Waals surface area (Å²) in [7, 11) is 6.38. The summed E-state index contributed by atoms with van der Waals surface area (Å²) in [6.07, 6.45) is 0. The molecule has 0 saturated carbocycles. The van der Waals surface area contributed by atoms with E-state index in [1.165, 1.54) is 0 Å². The first-order chi connectivity index (χ1) is 5.15. The minimum Gasteiger partial charge on any atom is -0.505 e. The highest BCUT2D eigenvalue weighted by molar-refractivity contribution is 9.10. The minimum atomic E-state index is 0.0230. The molecule has 0 heterocycles. The third-order valence-corrected chi connectivity index (χ3v) is 2.80. The highest BCUT2D eigenvalue weighted by Gasteiger charge is 2.06. The van der Waals surface area contributed by atoms with E-state index in [1.54, 1.807) is 12.1 Å². The number of rotatable bonds is 1. The van der Waals surface area contributed by atoms with E-state index in [4.69, 9.17) is 22.3 Å². The Morgan fingerprint density at radius 1 is 1.45 bits per heavy atom. The van der Waals surface area contributed by atoms with Crippen molar-refractivity contribution in [2.24, 2.45) is 0 Å². The second-order valence-corrected chi connectivity index (χ2v) is 4.19. The van der Waals surface area contributed by atoms with Gasteiger partial charge < -0.3 is 5.11 Å². The Morgan fingerprint density at radius 2 is 2.09 bits per heavy atom. The SMILES string of the molecule is Oc1c(Cl)cc(Br)cc1SCl. The van der Waals surface area contributed by atoms with Gasteiger partial charge in [-0.15, -0.1) is 0 Å². The molecule has 11 heavy (non-hydrogen) atoms. The zero-order valence-electron chi connectivity index (χ0n) is 5.14. The minimum absolute atomic E-state index is 0.0230. The summed E-state index contributed by atoms with van der Waals surface area (Å²) >= 11 is 8.87. The van der Waals surface area contributed by atoms with Gasteiger partial charge in [0.2, 0.25) is 0 Å². The van der Waals surface area contributed by atoms with Crippen molar-refractivity contribution in [3.05, 3.63) is 21.6 Å². The van der Waals surface area contributed by atoms with Gasteiger partial charge in [0, 0.05) is 4.47 Å². The van der Waals surface area contributed by atoms with Crippen LogP contribution in [0.1, 0.15) is 0 Å². The molecule has 0 fully saturated rings. The average molecular weight is 274 g/mol. The molecule has 1 aromatic carbocycles. The van der Waals surface area contributed by atoms with Gasteiger partial charge in [0.05, 0.1) is 9.92 Å². The van der Waals surface area contributed by atoms with Crippen LogP contribution in [0.5, 0.6) is 5.75 Å². The Hall–Kier alpha value is 0.430. The highest BCUT2D eigenvalue weighted by Crippen LogP contribution is 2.38. The van der Waals surface area contributed by atoms with Crippen molar-refractivity contribution < 1.29 is 5.11 Å². The Balaban J connectivity index is 3.24. The molecule has 1 rings (SSSR count). The first-order valence-electron chi connectivity index (χ1n) is 2.61. The molecule has 0 aliphatic rings. The number of benzene rings is 1. The predicted molar refractivity (Wildman–Crippen MR) is 52.5 cm³/mol. The third kappa shape index (κ3) is 2.18. The molecule has 1 nitrogen and oxygen atoms in total. The molecule has 0 aliphatic heterocycles. The summed E-state index contributed by atoms with van der Waals surface area (Å²) in [6, 6.07) is 3.30. The standard InChI is InChI=1S/C6H3BrCl2OS/c7-3-1-4(8)6(10)5(2-3)11-9/h1-2,10H. The van der Waals surface area contributed by atoms with Gasteiger partial charge in [0.1, 0.15) is 5.75 Å². The lowest BCUT2D eigenvalue weighted by atomic mass is 10.3.